The van der Waals surface area contributed by atoms with Gasteiger partial charge in [-0.2, -0.15) is 10.2 Å². The number of halogens is 1. The van der Waals surface area contributed by atoms with Crippen LogP contribution in [0.1, 0.15) is 45.2 Å². The standard InChI is InChI=1S/C25H29FN8S/c1-15(2)28-19-5-6-20(29-16(19)3)17-7-12-34-22(17)23(35)31-24(32-34)30-21-8-11-33(13-18(21)26)25(14-27)9-4-10-25/h5-7,12,18,21H,4,8-11,13H2,1-3H3,(H2,30,31,32,35). The van der Waals surface area contributed by atoms with Gasteiger partial charge >= 0.3 is 0 Å². The Hall–Kier alpha value is -3.16. The Bertz CT molecular complexity index is 1390. The highest BCUT2D eigenvalue weighted by Crippen LogP contribution is 2.39. The number of alkyl halides is 1. The molecule has 0 radical (unpaired) electrons. The summed E-state index contributed by atoms with van der Waals surface area (Å²) >= 11 is 5.62. The van der Waals surface area contributed by atoms with Crippen molar-refractivity contribution in [2.45, 2.75) is 64.2 Å². The summed E-state index contributed by atoms with van der Waals surface area (Å²) in [5.74, 6) is 0.427. The minimum Gasteiger partial charge on any atom is -0.349 e. The second-order valence-electron chi connectivity index (χ2n) is 9.68. The quantitative estimate of drug-likeness (QED) is 0.378. The second-order valence-corrected chi connectivity index (χ2v) is 10.1. The van der Waals surface area contributed by atoms with Gasteiger partial charge in [0.1, 0.15) is 17.2 Å². The fourth-order valence-electron chi connectivity index (χ4n) is 5.01. The average Bonchev–Trinajstić information content (AvgIpc) is 3.21. The van der Waals surface area contributed by atoms with E-state index in [-0.39, 0.29) is 6.54 Å². The molecule has 4 heterocycles. The minimum atomic E-state index is -1.10. The molecule has 2 atom stereocenters. The van der Waals surface area contributed by atoms with Crippen molar-refractivity contribution < 1.29 is 4.39 Å². The number of nitrogens with zero attached hydrogens (tertiary/aromatic N) is 6. The topological polar surface area (TPSA) is 97.4 Å². The summed E-state index contributed by atoms with van der Waals surface area (Å²) in [6.07, 6.45) is 4.06. The molecule has 10 heteroatoms. The van der Waals surface area contributed by atoms with Gasteiger partial charge in [-0.05, 0) is 64.7 Å². The minimum absolute atomic E-state index is 0.254. The van der Waals surface area contributed by atoms with Crippen molar-refractivity contribution in [3.63, 3.8) is 0 Å². The van der Waals surface area contributed by atoms with Crippen LogP contribution in [0.3, 0.4) is 0 Å². The zero-order valence-corrected chi connectivity index (χ0v) is 21.0. The summed E-state index contributed by atoms with van der Waals surface area (Å²) in [7, 11) is 0. The number of aliphatic imine (C=N–C) groups is 1. The first kappa shape index (κ1) is 23.6. The van der Waals surface area contributed by atoms with Crippen molar-refractivity contribution in [1.82, 2.24) is 24.5 Å². The van der Waals surface area contributed by atoms with Gasteiger partial charge in [-0.15, -0.1) is 0 Å². The predicted octanol–water partition coefficient (Wildman–Crippen LogP) is 5.15. The maximum absolute atomic E-state index is 15.1. The maximum Gasteiger partial charge on any atom is 0.217 e. The van der Waals surface area contributed by atoms with Crippen LogP contribution in [0, 0.1) is 22.9 Å². The van der Waals surface area contributed by atoms with Gasteiger partial charge in [0.05, 0.1) is 29.2 Å². The number of piperidine rings is 1. The maximum atomic E-state index is 15.1. The predicted molar refractivity (Wildman–Crippen MR) is 137 cm³/mol. The lowest BCUT2D eigenvalue weighted by molar-refractivity contribution is 0.0128. The number of hydrogen-bond donors (Lipinski definition) is 2. The summed E-state index contributed by atoms with van der Waals surface area (Å²) in [4.78, 5) is 15.8. The highest BCUT2D eigenvalue weighted by Gasteiger charge is 2.46. The number of likely N-dealkylation sites (tertiary alicyclic amines) is 1. The number of fused-ring (bicyclic) bond motifs is 1. The Morgan fingerprint density at radius 3 is 2.74 bits per heavy atom. The smallest absolute Gasteiger partial charge is 0.217 e. The first-order valence-electron chi connectivity index (χ1n) is 12.0. The van der Waals surface area contributed by atoms with Crippen molar-refractivity contribution >= 4 is 35.1 Å². The van der Waals surface area contributed by atoms with Crippen molar-refractivity contribution in [3.05, 3.63) is 34.7 Å². The number of rotatable bonds is 5. The van der Waals surface area contributed by atoms with Crippen molar-refractivity contribution in [2.24, 2.45) is 4.99 Å². The first-order valence-corrected chi connectivity index (χ1v) is 12.4. The lowest BCUT2D eigenvalue weighted by Crippen LogP contribution is -2.60. The van der Waals surface area contributed by atoms with E-state index >= 15 is 4.39 Å². The molecule has 2 N–H and O–H groups in total. The lowest BCUT2D eigenvalue weighted by atomic mass is 9.75. The normalized spacial score (nSPS) is 21.8. The van der Waals surface area contributed by atoms with Crippen LogP contribution in [0.2, 0.25) is 0 Å². The van der Waals surface area contributed by atoms with Crippen molar-refractivity contribution in [1.29, 1.82) is 5.26 Å². The van der Waals surface area contributed by atoms with E-state index in [0.717, 1.165) is 53.1 Å². The molecule has 0 amide bonds. The first-order chi connectivity index (χ1) is 16.8. The molecule has 1 aliphatic heterocycles. The molecular weight excluding hydrogens is 463 g/mol. The van der Waals surface area contributed by atoms with Gasteiger partial charge in [0, 0.05) is 30.6 Å². The molecule has 1 saturated heterocycles. The van der Waals surface area contributed by atoms with E-state index in [1.807, 2.05) is 50.1 Å². The van der Waals surface area contributed by atoms with Crippen LogP contribution in [-0.4, -0.2) is 61.0 Å². The van der Waals surface area contributed by atoms with Crippen molar-refractivity contribution in [3.8, 4) is 17.3 Å². The van der Waals surface area contributed by atoms with Gasteiger partial charge in [-0.1, -0.05) is 12.2 Å². The molecule has 3 aromatic rings. The molecule has 8 nitrogen and oxygen atoms in total. The highest BCUT2D eigenvalue weighted by atomic mass is 32.1. The lowest BCUT2D eigenvalue weighted by Gasteiger charge is -2.48. The van der Waals surface area contributed by atoms with Gasteiger partial charge in [0.15, 0.2) is 4.64 Å². The molecule has 3 aromatic heterocycles. The average molecular weight is 493 g/mol. The van der Waals surface area contributed by atoms with Crippen LogP contribution in [0.15, 0.2) is 29.4 Å². The SMILES string of the molecule is CC(C)=Nc1ccc(-c2ccn3[nH]c(NC4CCN(C5(C#N)CCC5)CC4F)nc(=S)c23)nc1C. The third kappa shape index (κ3) is 4.34. The van der Waals surface area contributed by atoms with E-state index in [1.165, 1.54) is 0 Å². The number of anilines is 1. The van der Waals surface area contributed by atoms with Crippen LogP contribution in [0.25, 0.3) is 16.8 Å². The van der Waals surface area contributed by atoms with Crippen LogP contribution in [0.4, 0.5) is 16.0 Å². The van der Waals surface area contributed by atoms with Gasteiger partial charge in [0.25, 0.3) is 0 Å². The Kier molecular flexibility index (Phi) is 6.15. The Morgan fingerprint density at radius 2 is 2.11 bits per heavy atom. The van der Waals surface area contributed by atoms with Gasteiger partial charge in [-0.3, -0.25) is 24.5 Å². The number of H-pyrrole nitrogens is 1. The molecule has 182 valence electrons. The number of aromatic nitrogens is 4. The molecule has 2 fully saturated rings. The summed E-state index contributed by atoms with van der Waals surface area (Å²) in [6.45, 7) is 6.79. The van der Waals surface area contributed by atoms with Crippen LogP contribution in [-0.2, 0) is 0 Å². The summed E-state index contributed by atoms with van der Waals surface area (Å²) in [5.41, 5.74) is 4.58. The molecule has 5 rings (SSSR count). The Morgan fingerprint density at radius 1 is 1.31 bits per heavy atom. The van der Waals surface area contributed by atoms with E-state index < -0.39 is 17.8 Å². The third-order valence-electron chi connectivity index (χ3n) is 7.06. The van der Waals surface area contributed by atoms with Crippen LogP contribution < -0.4 is 5.32 Å². The Labute approximate surface area is 208 Å². The van der Waals surface area contributed by atoms with E-state index in [0.29, 0.717) is 23.6 Å². The van der Waals surface area contributed by atoms with Gasteiger partial charge in [-0.25, -0.2) is 4.39 Å². The zero-order valence-electron chi connectivity index (χ0n) is 20.2. The zero-order chi connectivity index (χ0) is 24.7. The number of aromatic amines is 1. The van der Waals surface area contributed by atoms with E-state index in [1.54, 1.807) is 4.52 Å². The number of nitriles is 1. The molecule has 0 spiro atoms. The fourth-order valence-corrected chi connectivity index (χ4v) is 5.31. The van der Waals surface area contributed by atoms with Crippen LogP contribution in [0.5, 0.6) is 0 Å². The summed E-state index contributed by atoms with van der Waals surface area (Å²) < 4.78 is 17.3. The molecule has 2 aliphatic rings. The Balaban J connectivity index is 1.36. The van der Waals surface area contributed by atoms with E-state index in [9.17, 15) is 5.26 Å². The molecular formula is C25H29FN8S. The second kappa shape index (κ2) is 9.13. The number of hydrogen-bond acceptors (Lipinski definition) is 7. The molecule has 0 bridgehead atoms. The van der Waals surface area contributed by atoms with Gasteiger partial charge in [0.2, 0.25) is 5.95 Å². The number of nitrogens with one attached hydrogen (secondary N) is 2. The molecule has 2 unspecified atom stereocenters. The number of pyridine rings is 1. The molecule has 35 heavy (non-hydrogen) atoms. The third-order valence-corrected chi connectivity index (χ3v) is 7.35. The van der Waals surface area contributed by atoms with Crippen LogP contribution >= 0.6 is 12.2 Å². The summed E-state index contributed by atoms with van der Waals surface area (Å²) in [6, 6.07) is 7.86. The highest BCUT2D eigenvalue weighted by molar-refractivity contribution is 7.71. The van der Waals surface area contributed by atoms with Crippen molar-refractivity contribution in [2.75, 3.05) is 18.4 Å². The largest absolute Gasteiger partial charge is 0.349 e. The summed E-state index contributed by atoms with van der Waals surface area (Å²) in [5, 5.41) is 16.0. The number of aryl methyl sites for hydroxylation is 1. The molecule has 1 aliphatic carbocycles. The molecule has 0 aromatic carbocycles. The monoisotopic (exact) mass is 492 g/mol. The van der Waals surface area contributed by atoms with E-state index in [2.05, 4.69) is 26.5 Å². The molecule has 1 saturated carbocycles. The van der Waals surface area contributed by atoms with E-state index in [4.69, 9.17) is 17.2 Å². The fraction of sp³-hybridized carbons (Fsp3) is 0.480. The van der Waals surface area contributed by atoms with Gasteiger partial charge < -0.3 is 5.32 Å².